The van der Waals surface area contributed by atoms with Gasteiger partial charge < -0.3 is 9.15 Å². The lowest BCUT2D eigenvalue weighted by Crippen LogP contribution is -1.98. The minimum Gasteiger partial charge on any atom is -0.484 e. The van der Waals surface area contributed by atoms with Crippen molar-refractivity contribution in [1.82, 2.24) is 10.2 Å². The molecule has 0 bridgehead atoms. The summed E-state index contributed by atoms with van der Waals surface area (Å²) < 4.78 is 11.5. The van der Waals surface area contributed by atoms with Crippen LogP contribution < -0.4 is 4.74 Å². The van der Waals surface area contributed by atoms with E-state index in [9.17, 15) is 0 Å². The normalized spacial score (nSPS) is 10.8. The molecule has 2 aromatic carbocycles. The molecule has 4 nitrogen and oxygen atoms in total. The molecule has 0 aliphatic rings. The van der Waals surface area contributed by atoms with E-state index < -0.39 is 0 Å². The molecule has 1 aromatic heterocycles. The second kappa shape index (κ2) is 6.24. The molecule has 0 saturated heterocycles. The van der Waals surface area contributed by atoms with E-state index >= 15 is 0 Å². The molecule has 1 heterocycles. The van der Waals surface area contributed by atoms with Crippen LogP contribution in [0.15, 0.2) is 40.8 Å². The first-order chi connectivity index (χ1) is 11.0. The van der Waals surface area contributed by atoms with Crippen molar-refractivity contribution in [2.45, 2.75) is 34.3 Å². The Morgan fingerprint density at radius 2 is 1.70 bits per heavy atom. The van der Waals surface area contributed by atoms with Crippen molar-refractivity contribution in [3.05, 3.63) is 64.5 Å². The van der Waals surface area contributed by atoms with Crippen LogP contribution in [0, 0.1) is 27.7 Å². The maximum atomic E-state index is 5.84. The van der Waals surface area contributed by atoms with Crippen molar-refractivity contribution in [2.24, 2.45) is 0 Å². The highest BCUT2D eigenvalue weighted by atomic mass is 16.5. The summed E-state index contributed by atoms with van der Waals surface area (Å²) in [5, 5.41) is 8.16. The Morgan fingerprint density at radius 3 is 2.48 bits per heavy atom. The number of ether oxygens (including phenoxy) is 1. The standard InChI is InChI=1S/C19H20N2O2/c1-12-6-5-7-16(8-12)19-21-20-18(23-19)11-22-17-10-14(3)13(2)9-15(17)4/h5-10H,11H2,1-4H3. The highest BCUT2D eigenvalue weighted by Crippen LogP contribution is 2.24. The van der Waals surface area contributed by atoms with E-state index in [1.165, 1.54) is 11.1 Å². The van der Waals surface area contributed by atoms with E-state index in [4.69, 9.17) is 9.15 Å². The number of rotatable bonds is 4. The SMILES string of the molecule is Cc1cccc(-c2nnc(COc3cc(C)c(C)cc3C)o2)c1. The van der Waals surface area contributed by atoms with Crippen molar-refractivity contribution >= 4 is 0 Å². The van der Waals surface area contributed by atoms with Gasteiger partial charge in [0.15, 0.2) is 6.61 Å². The average Bonchev–Trinajstić information content (AvgIpc) is 2.98. The average molecular weight is 308 g/mol. The van der Waals surface area contributed by atoms with E-state index in [-0.39, 0.29) is 6.61 Å². The molecule has 118 valence electrons. The molecule has 0 amide bonds. The zero-order valence-electron chi connectivity index (χ0n) is 13.9. The van der Waals surface area contributed by atoms with Crippen LogP contribution >= 0.6 is 0 Å². The van der Waals surface area contributed by atoms with Gasteiger partial charge in [0.25, 0.3) is 5.89 Å². The Kier molecular flexibility index (Phi) is 4.15. The van der Waals surface area contributed by atoms with Crippen molar-refractivity contribution < 1.29 is 9.15 Å². The fourth-order valence-corrected chi connectivity index (χ4v) is 2.44. The third-order valence-corrected chi connectivity index (χ3v) is 3.87. The maximum Gasteiger partial charge on any atom is 0.254 e. The van der Waals surface area contributed by atoms with Gasteiger partial charge in [-0.05, 0) is 62.6 Å². The summed E-state index contributed by atoms with van der Waals surface area (Å²) in [6.45, 7) is 8.50. The molecular formula is C19H20N2O2. The van der Waals surface area contributed by atoms with Gasteiger partial charge in [-0.15, -0.1) is 10.2 Å². The minimum atomic E-state index is 0.266. The van der Waals surface area contributed by atoms with Crippen LogP contribution in [0.2, 0.25) is 0 Å². The van der Waals surface area contributed by atoms with E-state index in [0.29, 0.717) is 11.8 Å². The number of benzene rings is 2. The monoisotopic (exact) mass is 308 g/mol. The van der Waals surface area contributed by atoms with E-state index in [1.807, 2.05) is 44.2 Å². The van der Waals surface area contributed by atoms with Crippen molar-refractivity contribution in [2.75, 3.05) is 0 Å². The molecule has 0 atom stereocenters. The van der Waals surface area contributed by atoms with E-state index in [2.05, 4.69) is 30.1 Å². The molecule has 0 aliphatic carbocycles. The van der Waals surface area contributed by atoms with Gasteiger partial charge in [0.1, 0.15) is 5.75 Å². The lowest BCUT2D eigenvalue weighted by molar-refractivity contribution is 0.262. The first-order valence-corrected chi connectivity index (χ1v) is 7.63. The molecule has 23 heavy (non-hydrogen) atoms. The summed E-state index contributed by atoms with van der Waals surface area (Å²) in [5.41, 5.74) is 5.65. The maximum absolute atomic E-state index is 5.84. The van der Waals surface area contributed by atoms with Gasteiger partial charge >= 0.3 is 0 Å². The van der Waals surface area contributed by atoms with Crippen molar-refractivity contribution in [3.8, 4) is 17.2 Å². The van der Waals surface area contributed by atoms with Crippen LogP contribution in [-0.2, 0) is 6.61 Å². The Balaban J connectivity index is 1.74. The van der Waals surface area contributed by atoms with Gasteiger partial charge in [-0.1, -0.05) is 23.8 Å². The summed E-state index contributed by atoms with van der Waals surface area (Å²) in [6.07, 6.45) is 0. The number of hydrogen-bond acceptors (Lipinski definition) is 4. The number of aromatic nitrogens is 2. The predicted molar refractivity (Wildman–Crippen MR) is 89.5 cm³/mol. The third-order valence-electron chi connectivity index (χ3n) is 3.87. The van der Waals surface area contributed by atoms with Gasteiger partial charge in [0.2, 0.25) is 5.89 Å². The highest BCUT2D eigenvalue weighted by molar-refractivity contribution is 5.53. The molecule has 0 aliphatic heterocycles. The zero-order valence-corrected chi connectivity index (χ0v) is 13.9. The number of nitrogens with zero attached hydrogens (tertiary/aromatic N) is 2. The summed E-state index contributed by atoms with van der Waals surface area (Å²) >= 11 is 0. The quantitative estimate of drug-likeness (QED) is 0.709. The molecule has 3 rings (SSSR count). The minimum absolute atomic E-state index is 0.266. The summed E-state index contributed by atoms with van der Waals surface area (Å²) in [6, 6.07) is 12.2. The van der Waals surface area contributed by atoms with Crippen LogP contribution in [0.1, 0.15) is 28.1 Å². The predicted octanol–water partition coefficient (Wildman–Crippen LogP) is 4.55. The number of aryl methyl sites for hydroxylation is 4. The fourth-order valence-electron chi connectivity index (χ4n) is 2.44. The molecule has 0 spiro atoms. The molecule has 0 N–H and O–H groups in total. The zero-order chi connectivity index (χ0) is 16.4. The van der Waals surface area contributed by atoms with E-state index in [0.717, 1.165) is 22.4 Å². The molecule has 0 unspecified atom stereocenters. The van der Waals surface area contributed by atoms with Gasteiger partial charge in [-0.25, -0.2) is 0 Å². The second-order valence-electron chi connectivity index (χ2n) is 5.86. The molecule has 0 saturated carbocycles. The van der Waals surface area contributed by atoms with Crippen LogP contribution in [-0.4, -0.2) is 10.2 Å². The Morgan fingerprint density at radius 1 is 0.913 bits per heavy atom. The summed E-state index contributed by atoms with van der Waals surface area (Å²) in [4.78, 5) is 0. The van der Waals surface area contributed by atoms with Crippen molar-refractivity contribution in [1.29, 1.82) is 0 Å². The van der Waals surface area contributed by atoms with Gasteiger partial charge in [0, 0.05) is 5.56 Å². The third kappa shape index (κ3) is 3.42. The Labute approximate surface area is 136 Å². The van der Waals surface area contributed by atoms with Gasteiger partial charge in [-0.3, -0.25) is 0 Å². The molecule has 0 radical (unpaired) electrons. The Bertz CT molecular complexity index is 837. The van der Waals surface area contributed by atoms with Crippen molar-refractivity contribution in [3.63, 3.8) is 0 Å². The molecule has 3 aromatic rings. The lowest BCUT2D eigenvalue weighted by Gasteiger charge is -2.10. The van der Waals surface area contributed by atoms with Gasteiger partial charge in [-0.2, -0.15) is 0 Å². The first kappa shape index (κ1) is 15.3. The largest absolute Gasteiger partial charge is 0.484 e. The molecule has 4 heteroatoms. The summed E-state index contributed by atoms with van der Waals surface area (Å²) in [5.74, 6) is 1.84. The highest BCUT2D eigenvalue weighted by Gasteiger charge is 2.10. The van der Waals surface area contributed by atoms with Crippen LogP contribution in [0.3, 0.4) is 0 Å². The van der Waals surface area contributed by atoms with E-state index in [1.54, 1.807) is 0 Å². The van der Waals surface area contributed by atoms with Crippen LogP contribution in [0.5, 0.6) is 5.75 Å². The molecule has 0 fully saturated rings. The second-order valence-corrected chi connectivity index (χ2v) is 5.86. The van der Waals surface area contributed by atoms with Crippen LogP contribution in [0.4, 0.5) is 0 Å². The number of hydrogen-bond donors (Lipinski definition) is 0. The smallest absolute Gasteiger partial charge is 0.254 e. The Hall–Kier alpha value is -2.62. The first-order valence-electron chi connectivity index (χ1n) is 7.63. The summed E-state index contributed by atoms with van der Waals surface area (Å²) in [7, 11) is 0. The fraction of sp³-hybridized carbons (Fsp3) is 0.263. The van der Waals surface area contributed by atoms with Gasteiger partial charge in [0.05, 0.1) is 0 Å². The topological polar surface area (TPSA) is 48.2 Å². The molecular weight excluding hydrogens is 288 g/mol. The lowest BCUT2D eigenvalue weighted by atomic mass is 10.1. The van der Waals surface area contributed by atoms with Crippen LogP contribution in [0.25, 0.3) is 11.5 Å².